The van der Waals surface area contributed by atoms with Crippen LogP contribution in [0.1, 0.15) is 9.67 Å². The van der Waals surface area contributed by atoms with E-state index in [4.69, 9.17) is 4.74 Å². The molecule has 2 aromatic carbocycles. The number of carbonyl (C=O) groups excluding carboxylic acids is 1. The van der Waals surface area contributed by atoms with Crippen LogP contribution >= 0.6 is 11.3 Å². The number of piperazine rings is 1. The highest BCUT2D eigenvalue weighted by atomic mass is 32.2. The Balaban J connectivity index is 1.41. The summed E-state index contributed by atoms with van der Waals surface area (Å²) in [5, 5.41) is 0.791. The van der Waals surface area contributed by atoms with E-state index in [-0.39, 0.29) is 23.9 Å². The smallest absolute Gasteiger partial charge is 0.265 e. The minimum Gasteiger partial charge on any atom is -0.497 e. The van der Waals surface area contributed by atoms with Crippen molar-refractivity contribution in [3.63, 3.8) is 0 Å². The number of nitrogens with zero attached hydrogens (tertiary/aromatic N) is 3. The third kappa shape index (κ3) is 4.09. The Bertz CT molecular complexity index is 1120. The number of carbonyl (C=O) groups is 1. The van der Waals surface area contributed by atoms with Crippen molar-refractivity contribution in [2.24, 2.45) is 0 Å². The molecule has 7 nitrogen and oxygen atoms in total. The van der Waals surface area contributed by atoms with Crippen molar-refractivity contribution in [1.29, 1.82) is 0 Å². The zero-order valence-electron chi connectivity index (χ0n) is 16.4. The number of ether oxygens (including phenoxy) is 1. The molecule has 1 aliphatic heterocycles. The number of hydrogen-bond acceptors (Lipinski definition) is 6. The summed E-state index contributed by atoms with van der Waals surface area (Å²) in [5.74, 6) is 0.486. The van der Waals surface area contributed by atoms with Gasteiger partial charge in [-0.25, -0.2) is 13.4 Å². The van der Waals surface area contributed by atoms with E-state index in [0.29, 0.717) is 23.7 Å². The molecule has 1 fully saturated rings. The summed E-state index contributed by atoms with van der Waals surface area (Å²) in [7, 11) is -2.07. The van der Waals surface area contributed by atoms with E-state index in [2.05, 4.69) is 4.98 Å². The molecule has 1 aromatic heterocycles. The van der Waals surface area contributed by atoms with Gasteiger partial charge < -0.3 is 9.64 Å². The zero-order valence-corrected chi connectivity index (χ0v) is 18.0. The zero-order chi connectivity index (χ0) is 21.1. The van der Waals surface area contributed by atoms with Crippen LogP contribution in [-0.2, 0) is 10.0 Å². The van der Waals surface area contributed by atoms with Gasteiger partial charge in [0.05, 0.1) is 18.2 Å². The minimum absolute atomic E-state index is 0.115. The molecule has 0 aliphatic carbocycles. The Kier molecular flexibility index (Phi) is 5.85. The van der Waals surface area contributed by atoms with Crippen molar-refractivity contribution in [1.82, 2.24) is 14.2 Å². The molecule has 9 heteroatoms. The normalized spacial score (nSPS) is 15.2. The van der Waals surface area contributed by atoms with Crippen LogP contribution in [-0.4, -0.2) is 61.8 Å². The van der Waals surface area contributed by atoms with Gasteiger partial charge in [0.2, 0.25) is 10.0 Å². The van der Waals surface area contributed by atoms with Gasteiger partial charge in [0.25, 0.3) is 5.91 Å². The molecular weight excluding hydrogens is 422 g/mol. The maximum Gasteiger partial charge on any atom is 0.265 e. The number of hydrogen-bond donors (Lipinski definition) is 0. The average molecular weight is 444 g/mol. The van der Waals surface area contributed by atoms with Crippen LogP contribution < -0.4 is 4.74 Å². The summed E-state index contributed by atoms with van der Waals surface area (Å²) in [6.07, 6.45) is 1.59. The maximum absolute atomic E-state index is 12.9. The van der Waals surface area contributed by atoms with Crippen LogP contribution in [0.5, 0.6) is 5.75 Å². The number of methoxy groups -OCH3 is 1. The van der Waals surface area contributed by atoms with Crippen LogP contribution in [0.3, 0.4) is 0 Å². The quantitative estimate of drug-likeness (QED) is 0.606. The van der Waals surface area contributed by atoms with Crippen molar-refractivity contribution in [2.45, 2.75) is 4.90 Å². The van der Waals surface area contributed by atoms with E-state index in [1.54, 1.807) is 23.2 Å². The first-order valence-corrected chi connectivity index (χ1v) is 11.7. The standard InChI is InChI=1S/C21H21N3O4S2/c1-28-17-7-9-18(10-8-17)30(26,27)24-13-11-23(12-14-24)21(25)19-15-22-20(29-19)16-5-3-2-4-6-16/h2-10,15H,11-14H2,1H3. The van der Waals surface area contributed by atoms with Gasteiger partial charge in [-0.15, -0.1) is 11.3 Å². The summed E-state index contributed by atoms with van der Waals surface area (Å²) < 4.78 is 32.2. The molecule has 0 N–H and O–H groups in total. The molecule has 0 unspecified atom stereocenters. The Morgan fingerprint density at radius 2 is 1.67 bits per heavy atom. The highest BCUT2D eigenvalue weighted by Gasteiger charge is 2.31. The maximum atomic E-state index is 12.9. The van der Waals surface area contributed by atoms with Gasteiger partial charge >= 0.3 is 0 Å². The number of sulfonamides is 1. The second-order valence-corrected chi connectivity index (χ2v) is 9.74. The first kappa shape index (κ1) is 20.5. The van der Waals surface area contributed by atoms with E-state index >= 15 is 0 Å². The van der Waals surface area contributed by atoms with E-state index in [1.165, 1.54) is 34.9 Å². The molecule has 0 spiro atoms. The van der Waals surface area contributed by atoms with E-state index in [9.17, 15) is 13.2 Å². The highest BCUT2D eigenvalue weighted by molar-refractivity contribution is 7.89. The third-order valence-corrected chi connectivity index (χ3v) is 7.91. The van der Waals surface area contributed by atoms with Gasteiger partial charge in [0, 0.05) is 31.7 Å². The molecule has 2 heterocycles. The Morgan fingerprint density at radius 1 is 1.00 bits per heavy atom. The van der Waals surface area contributed by atoms with Crippen molar-refractivity contribution in [3.05, 3.63) is 65.7 Å². The molecule has 3 aromatic rings. The van der Waals surface area contributed by atoms with Crippen LogP contribution in [0.25, 0.3) is 10.6 Å². The second-order valence-electron chi connectivity index (χ2n) is 6.77. The number of rotatable bonds is 5. The Morgan fingerprint density at radius 3 is 2.30 bits per heavy atom. The van der Waals surface area contributed by atoms with Crippen molar-refractivity contribution >= 4 is 27.3 Å². The predicted molar refractivity (Wildman–Crippen MR) is 115 cm³/mol. The van der Waals surface area contributed by atoms with Crippen LogP contribution in [0.15, 0.2) is 65.7 Å². The monoisotopic (exact) mass is 443 g/mol. The lowest BCUT2D eigenvalue weighted by atomic mass is 10.2. The Labute approximate surface area is 179 Å². The topological polar surface area (TPSA) is 79.8 Å². The lowest BCUT2D eigenvalue weighted by Crippen LogP contribution is -2.50. The first-order valence-electron chi connectivity index (χ1n) is 9.44. The minimum atomic E-state index is -3.60. The summed E-state index contributed by atoms with van der Waals surface area (Å²) in [4.78, 5) is 19.7. The Hall–Kier alpha value is -2.75. The number of thiazole rings is 1. The van der Waals surface area contributed by atoms with Crippen molar-refractivity contribution in [3.8, 4) is 16.3 Å². The van der Waals surface area contributed by atoms with Crippen molar-refractivity contribution in [2.75, 3.05) is 33.3 Å². The molecule has 1 amide bonds. The molecule has 30 heavy (non-hydrogen) atoms. The number of aromatic nitrogens is 1. The van der Waals surface area contributed by atoms with Crippen molar-refractivity contribution < 1.29 is 17.9 Å². The highest BCUT2D eigenvalue weighted by Crippen LogP contribution is 2.26. The fourth-order valence-electron chi connectivity index (χ4n) is 3.27. The number of amides is 1. The summed E-state index contributed by atoms with van der Waals surface area (Å²) >= 11 is 1.35. The molecule has 4 rings (SSSR count). The van der Waals surface area contributed by atoms with Crippen LogP contribution in [0, 0.1) is 0 Å². The number of benzene rings is 2. The van der Waals surface area contributed by atoms with Crippen LogP contribution in [0.4, 0.5) is 0 Å². The SMILES string of the molecule is COc1ccc(S(=O)(=O)N2CCN(C(=O)c3cnc(-c4ccccc4)s3)CC2)cc1. The summed E-state index contributed by atoms with van der Waals surface area (Å²) in [6, 6.07) is 16.0. The molecular formula is C21H21N3O4S2. The van der Waals surface area contributed by atoms with E-state index in [0.717, 1.165) is 10.6 Å². The van der Waals surface area contributed by atoms with E-state index in [1.807, 2.05) is 30.3 Å². The molecule has 1 saturated heterocycles. The molecule has 0 atom stereocenters. The first-order chi connectivity index (χ1) is 14.5. The molecule has 0 radical (unpaired) electrons. The third-order valence-electron chi connectivity index (χ3n) is 4.96. The van der Waals surface area contributed by atoms with Gasteiger partial charge in [-0.05, 0) is 24.3 Å². The second kappa shape index (κ2) is 8.55. The molecule has 1 aliphatic rings. The van der Waals surface area contributed by atoms with Gasteiger partial charge in [0.15, 0.2) is 0 Å². The van der Waals surface area contributed by atoms with Crippen LogP contribution in [0.2, 0.25) is 0 Å². The van der Waals surface area contributed by atoms with Gasteiger partial charge in [0.1, 0.15) is 15.6 Å². The fourth-order valence-corrected chi connectivity index (χ4v) is 5.58. The lowest BCUT2D eigenvalue weighted by Gasteiger charge is -2.33. The van der Waals surface area contributed by atoms with Gasteiger partial charge in [-0.3, -0.25) is 4.79 Å². The fraction of sp³-hybridized carbons (Fsp3) is 0.238. The van der Waals surface area contributed by atoms with Gasteiger partial charge in [-0.2, -0.15) is 4.31 Å². The van der Waals surface area contributed by atoms with Gasteiger partial charge in [-0.1, -0.05) is 30.3 Å². The lowest BCUT2D eigenvalue weighted by molar-refractivity contribution is 0.0702. The molecule has 0 bridgehead atoms. The van der Waals surface area contributed by atoms with E-state index < -0.39 is 10.0 Å². The molecule has 0 saturated carbocycles. The summed E-state index contributed by atoms with van der Waals surface area (Å²) in [6.45, 7) is 1.19. The predicted octanol–water partition coefficient (Wildman–Crippen LogP) is 2.97. The summed E-state index contributed by atoms with van der Waals surface area (Å²) in [5.41, 5.74) is 0.969. The average Bonchev–Trinajstić information content (AvgIpc) is 3.30. The molecule has 156 valence electrons. The largest absolute Gasteiger partial charge is 0.497 e.